The summed E-state index contributed by atoms with van der Waals surface area (Å²) < 4.78 is 65.8. The van der Waals surface area contributed by atoms with Gasteiger partial charge < -0.3 is 5.21 Å². The lowest BCUT2D eigenvalue weighted by molar-refractivity contribution is 0.148. The van der Waals surface area contributed by atoms with Gasteiger partial charge in [-0.05, 0) is 12.8 Å². The number of hydroxylamine groups is 1. The van der Waals surface area contributed by atoms with Gasteiger partial charge in [0.2, 0.25) is 5.16 Å². The van der Waals surface area contributed by atoms with Crippen molar-refractivity contribution in [1.29, 1.82) is 0 Å². The summed E-state index contributed by atoms with van der Waals surface area (Å²) in [6.07, 6.45) is 0.395. The van der Waals surface area contributed by atoms with Crippen LogP contribution in [0.1, 0.15) is 12.8 Å². The predicted molar refractivity (Wildman–Crippen MR) is 108 cm³/mol. The van der Waals surface area contributed by atoms with Crippen LogP contribution in [0, 0.1) is 0 Å². The van der Waals surface area contributed by atoms with E-state index < -0.39 is 20.2 Å². The fourth-order valence-electron chi connectivity index (χ4n) is 1.53. The molecule has 1 aromatic heterocycles. The number of hydrogen-bond donors (Lipinski definition) is 5. The fraction of sp³-hybridized carbons (Fsp3) is 0.727. The molecule has 0 unspecified atom stereocenters. The second-order valence-corrected chi connectivity index (χ2v) is 11.1. The van der Waals surface area contributed by atoms with Gasteiger partial charge in [0.15, 0.2) is 10.3 Å². The van der Waals surface area contributed by atoms with Crippen molar-refractivity contribution < 1.29 is 35.3 Å². The zero-order chi connectivity index (χ0) is 21.8. The first kappa shape index (κ1) is 26.8. The zero-order valence-electron chi connectivity index (χ0n) is 14.9. The minimum Gasteiger partial charge on any atom is -0.316 e. The third-order valence-corrected chi connectivity index (χ3v) is 6.67. The van der Waals surface area contributed by atoms with Crippen LogP contribution in [0.25, 0.3) is 0 Å². The maximum atomic E-state index is 10.8. The molecule has 18 heteroatoms. The minimum absolute atomic E-state index is 0.0809. The SMILES string of the molecule is O=S(=O)(O)CCCSc1nc(SCCCS(=O)(=O)O)nc(SOCNCNO)n1. The van der Waals surface area contributed by atoms with Crippen LogP contribution in [0.5, 0.6) is 0 Å². The molecule has 0 aliphatic rings. The molecule has 0 radical (unpaired) electrons. The van der Waals surface area contributed by atoms with Crippen molar-refractivity contribution in [1.82, 2.24) is 25.7 Å². The van der Waals surface area contributed by atoms with Crippen molar-refractivity contribution in [3.63, 3.8) is 0 Å². The molecule has 0 saturated heterocycles. The van der Waals surface area contributed by atoms with Crippen molar-refractivity contribution in [3.05, 3.63) is 0 Å². The highest BCUT2D eigenvalue weighted by molar-refractivity contribution is 8.00. The molecule has 29 heavy (non-hydrogen) atoms. The van der Waals surface area contributed by atoms with E-state index in [2.05, 4.69) is 20.3 Å². The number of nitrogens with zero attached hydrogens (tertiary/aromatic N) is 3. The van der Waals surface area contributed by atoms with E-state index >= 15 is 0 Å². The van der Waals surface area contributed by atoms with Crippen molar-refractivity contribution >= 4 is 55.8 Å². The fourth-order valence-corrected chi connectivity index (χ4v) is 5.13. The van der Waals surface area contributed by atoms with Crippen LogP contribution in [0.3, 0.4) is 0 Å². The maximum Gasteiger partial charge on any atom is 0.264 e. The molecular formula is C11H21N5O8S5. The van der Waals surface area contributed by atoms with Gasteiger partial charge in [0.05, 0.1) is 30.2 Å². The standard InChI is InChI=1S/C11H21N5O8S5/c17-13-7-12-8-24-27-11-15-9(25-3-1-5-28(18,19)20)14-10(16-11)26-4-2-6-29(21,22)23/h12-13,17H,1-8H2,(H,18,19,20)(H,21,22,23). The Morgan fingerprint density at radius 2 is 1.34 bits per heavy atom. The number of rotatable bonds is 16. The molecule has 13 nitrogen and oxygen atoms in total. The Balaban J connectivity index is 2.66. The lowest BCUT2D eigenvalue weighted by Gasteiger charge is -2.07. The highest BCUT2D eigenvalue weighted by Gasteiger charge is 2.11. The monoisotopic (exact) mass is 511 g/mol. The largest absolute Gasteiger partial charge is 0.316 e. The number of thioether (sulfide) groups is 2. The zero-order valence-corrected chi connectivity index (χ0v) is 19.0. The van der Waals surface area contributed by atoms with Crippen LogP contribution in [-0.2, 0) is 24.4 Å². The summed E-state index contributed by atoms with van der Waals surface area (Å²) in [4.78, 5) is 12.6. The average molecular weight is 512 g/mol. The third kappa shape index (κ3) is 15.2. The maximum absolute atomic E-state index is 10.8. The number of hydrogen-bond acceptors (Lipinski definition) is 14. The Hall–Kier alpha value is -0.280. The summed E-state index contributed by atoms with van der Waals surface area (Å²) in [7, 11) is -8.07. The van der Waals surface area contributed by atoms with Crippen LogP contribution >= 0.6 is 35.6 Å². The van der Waals surface area contributed by atoms with E-state index in [0.717, 1.165) is 12.0 Å². The first-order valence-electron chi connectivity index (χ1n) is 7.88. The minimum atomic E-state index is -4.04. The molecule has 0 saturated carbocycles. The van der Waals surface area contributed by atoms with Gasteiger partial charge in [-0.15, -0.1) is 0 Å². The van der Waals surface area contributed by atoms with Crippen LogP contribution < -0.4 is 10.8 Å². The van der Waals surface area contributed by atoms with Crippen molar-refractivity contribution in [2.45, 2.75) is 28.3 Å². The summed E-state index contributed by atoms with van der Waals surface area (Å²) in [6, 6.07) is 0. The lowest BCUT2D eigenvalue weighted by Crippen LogP contribution is -2.27. The van der Waals surface area contributed by atoms with Crippen LogP contribution in [0.15, 0.2) is 15.5 Å². The Morgan fingerprint density at radius 3 is 1.79 bits per heavy atom. The molecule has 0 amide bonds. The Labute approximate surface area is 181 Å². The molecule has 0 bridgehead atoms. The van der Waals surface area contributed by atoms with E-state index in [1.807, 2.05) is 5.48 Å². The van der Waals surface area contributed by atoms with E-state index in [0.29, 0.717) is 21.8 Å². The molecule has 1 heterocycles. The average Bonchev–Trinajstić information content (AvgIpc) is 2.61. The number of aromatic nitrogens is 3. The van der Waals surface area contributed by atoms with Crippen molar-refractivity contribution in [3.8, 4) is 0 Å². The molecule has 0 aliphatic heterocycles. The highest BCUT2D eigenvalue weighted by Crippen LogP contribution is 2.24. The Morgan fingerprint density at radius 1 is 0.862 bits per heavy atom. The van der Waals surface area contributed by atoms with E-state index in [4.69, 9.17) is 18.5 Å². The highest BCUT2D eigenvalue weighted by atomic mass is 32.2. The van der Waals surface area contributed by atoms with Crippen molar-refractivity contribution in [2.24, 2.45) is 0 Å². The number of nitrogens with one attached hydrogen (secondary N) is 2. The van der Waals surface area contributed by atoms with Gasteiger partial charge in [-0.1, -0.05) is 23.5 Å². The van der Waals surface area contributed by atoms with Gasteiger partial charge in [0.1, 0.15) is 6.73 Å². The predicted octanol–water partition coefficient (Wildman–Crippen LogP) is 0.119. The van der Waals surface area contributed by atoms with Gasteiger partial charge >= 0.3 is 0 Å². The van der Waals surface area contributed by atoms with E-state index in [1.54, 1.807) is 0 Å². The van der Waals surface area contributed by atoms with Gasteiger partial charge in [-0.25, -0.2) is 0 Å². The molecular weight excluding hydrogens is 490 g/mol. The molecule has 0 atom stereocenters. The Bertz CT molecular complexity index is 767. The van der Waals surface area contributed by atoms with Crippen LogP contribution in [-0.4, -0.2) is 82.5 Å². The molecule has 0 spiro atoms. The lowest BCUT2D eigenvalue weighted by atomic mass is 10.6. The van der Waals surface area contributed by atoms with E-state index in [-0.39, 0.29) is 42.9 Å². The molecule has 1 rings (SSSR count). The summed E-state index contributed by atoms with van der Waals surface area (Å²) in [5.41, 5.74) is 1.89. The van der Waals surface area contributed by atoms with Crippen LogP contribution in [0.4, 0.5) is 0 Å². The summed E-state index contributed by atoms with van der Waals surface area (Å²) in [6.45, 7) is 0.194. The van der Waals surface area contributed by atoms with Crippen molar-refractivity contribution in [2.75, 3.05) is 36.4 Å². The summed E-state index contributed by atoms with van der Waals surface area (Å²) in [5, 5.41) is 12.0. The second-order valence-electron chi connectivity index (χ2n) is 5.09. The van der Waals surface area contributed by atoms with Gasteiger partial charge in [-0.3, -0.25) is 18.6 Å². The second kappa shape index (κ2) is 13.9. The molecule has 0 fully saturated rings. The molecule has 0 aliphatic carbocycles. The van der Waals surface area contributed by atoms with Gasteiger partial charge in [-0.2, -0.15) is 37.3 Å². The summed E-state index contributed by atoms with van der Waals surface area (Å²) in [5.74, 6) is -0.0775. The first-order chi connectivity index (χ1) is 13.6. The van der Waals surface area contributed by atoms with Crippen LogP contribution in [0.2, 0.25) is 0 Å². The van der Waals surface area contributed by atoms with Gasteiger partial charge in [0.25, 0.3) is 20.2 Å². The Kier molecular flexibility index (Phi) is 12.8. The molecule has 168 valence electrons. The normalized spacial score (nSPS) is 12.4. The summed E-state index contributed by atoms with van der Waals surface area (Å²) >= 11 is 3.18. The quantitative estimate of drug-likeness (QED) is 0.0499. The smallest absolute Gasteiger partial charge is 0.264 e. The molecule has 5 N–H and O–H groups in total. The van der Waals surface area contributed by atoms with E-state index in [9.17, 15) is 16.8 Å². The first-order valence-corrected chi connectivity index (χ1v) is 13.8. The topological polar surface area (TPSA) is 201 Å². The third-order valence-electron chi connectivity index (χ3n) is 2.63. The molecule has 1 aromatic rings. The van der Waals surface area contributed by atoms with Gasteiger partial charge in [0, 0.05) is 11.5 Å². The van der Waals surface area contributed by atoms with E-state index in [1.165, 1.54) is 23.5 Å². The molecule has 0 aromatic carbocycles.